The van der Waals surface area contributed by atoms with Crippen LogP contribution in [0.15, 0.2) is 6.07 Å². The summed E-state index contributed by atoms with van der Waals surface area (Å²) in [6.07, 6.45) is 3.06. The number of aliphatic hydroxyl groups excluding tert-OH is 1. The molecule has 1 aromatic rings. The molecule has 2 heterocycles. The summed E-state index contributed by atoms with van der Waals surface area (Å²) in [5.74, 6) is 1.15. The van der Waals surface area contributed by atoms with Gasteiger partial charge in [0.1, 0.15) is 11.8 Å². The highest BCUT2D eigenvalue weighted by Crippen LogP contribution is 2.22. The predicted octanol–water partition coefficient (Wildman–Crippen LogP) is 1.26. The maximum Gasteiger partial charge on any atom is 0.226 e. The number of hydrogen-bond acceptors (Lipinski definition) is 5. The zero-order chi connectivity index (χ0) is 13.0. The first-order chi connectivity index (χ1) is 8.72. The van der Waals surface area contributed by atoms with Crippen molar-refractivity contribution < 1.29 is 5.11 Å². The van der Waals surface area contributed by atoms with Gasteiger partial charge in [0.05, 0.1) is 0 Å². The summed E-state index contributed by atoms with van der Waals surface area (Å²) in [6, 6.07) is 3.76. The van der Waals surface area contributed by atoms with Crippen molar-refractivity contribution in [1.29, 1.82) is 5.26 Å². The van der Waals surface area contributed by atoms with Gasteiger partial charge in [-0.1, -0.05) is 0 Å². The lowest BCUT2D eigenvalue weighted by molar-refractivity contribution is 0.244. The SMILES string of the molecule is Cc1cc(C#N)nc(N2CCCC(CCO)C2)n1. The lowest BCUT2D eigenvalue weighted by Gasteiger charge is -2.32. The molecule has 1 saturated heterocycles. The average Bonchev–Trinajstić information content (AvgIpc) is 2.39. The zero-order valence-corrected chi connectivity index (χ0v) is 10.6. The minimum Gasteiger partial charge on any atom is -0.396 e. The molecular weight excluding hydrogens is 228 g/mol. The second-order valence-corrected chi connectivity index (χ2v) is 4.77. The van der Waals surface area contributed by atoms with E-state index in [0.29, 0.717) is 17.6 Å². The second-order valence-electron chi connectivity index (χ2n) is 4.77. The summed E-state index contributed by atoms with van der Waals surface area (Å²) >= 11 is 0. The summed E-state index contributed by atoms with van der Waals surface area (Å²) in [7, 11) is 0. The first-order valence-corrected chi connectivity index (χ1v) is 6.34. The van der Waals surface area contributed by atoms with E-state index in [1.807, 2.05) is 6.92 Å². The highest BCUT2D eigenvalue weighted by molar-refractivity contribution is 5.36. The number of hydrogen-bond donors (Lipinski definition) is 1. The van der Waals surface area contributed by atoms with Crippen LogP contribution in [0.4, 0.5) is 5.95 Å². The molecule has 1 aliphatic rings. The lowest BCUT2D eigenvalue weighted by atomic mass is 9.95. The Morgan fingerprint density at radius 1 is 1.56 bits per heavy atom. The molecule has 0 radical (unpaired) electrons. The van der Waals surface area contributed by atoms with Gasteiger partial charge in [-0.05, 0) is 38.2 Å². The summed E-state index contributed by atoms with van der Waals surface area (Å²) in [5, 5.41) is 17.9. The quantitative estimate of drug-likeness (QED) is 0.869. The lowest BCUT2D eigenvalue weighted by Crippen LogP contribution is -2.37. The van der Waals surface area contributed by atoms with Crippen molar-refractivity contribution >= 4 is 5.95 Å². The molecule has 0 bridgehead atoms. The first kappa shape index (κ1) is 12.8. The highest BCUT2D eigenvalue weighted by atomic mass is 16.3. The van der Waals surface area contributed by atoms with E-state index in [4.69, 9.17) is 10.4 Å². The minimum absolute atomic E-state index is 0.233. The number of aliphatic hydroxyl groups is 1. The third-order valence-electron chi connectivity index (χ3n) is 3.30. The number of nitriles is 1. The number of aryl methyl sites for hydroxylation is 1. The Bertz CT molecular complexity index is 453. The average molecular weight is 246 g/mol. The maximum atomic E-state index is 9.01. The molecule has 0 saturated carbocycles. The molecule has 0 spiro atoms. The van der Waals surface area contributed by atoms with Crippen LogP contribution >= 0.6 is 0 Å². The molecule has 0 aliphatic carbocycles. The van der Waals surface area contributed by atoms with Crippen LogP contribution < -0.4 is 4.90 Å². The van der Waals surface area contributed by atoms with Crippen molar-refractivity contribution in [3.63, 3.8) is 0 Å². The molecule has 1 aliphatic heterocycles. The monoisotopic (exact) mass is 246 g/mol. The van der Waals surface area contributed by atoms with E-state index in [1.165, 1.54) is 0 Å². The molecule has 2 rings (SSSR count). The third kappa shape index (κ3) is 2.96. The molecule has 0 aromatic carbocycles. The van der Waals surface area contributed by atoms with Crippen molar-refractivity contribution in [3.05, 3.63) is 17.5 Å². The molecular formula is C13H18N4O. The molecule has 0 amide bonds. The van der Waals surface area contributed by atoms with E-state index in [1.54, 1.807) is 6.07 Å². The van der Waals surface area contributed by atoms with E-state index in [0.717, 1.165) is 38.0 Å². The Kier molecular flexibility index (Phi) is 4.11. The molecule has 1 N–H and O–H groups in total. The molecule has 1 aromatic heterocycles. The number of piperidine rings is 1. The second kappa shape index (κ2) is 5.78. The van der Waals surface area contributed by atoms with Gasteiger partial charge in [0.2, 0.25) is 5.95 Å². The molecule has 5 heteroatoms. The Morgan fingerprint density at radius 2 is 2.39 bits per heavy atom. The van der Waals surface area contributed by atoms with Gasteiger partial charge < -0.3 is 10.0 Å². The third-order valence-corrected chi connectivity index (χ3v) is 3.30. The van der Waals surface area contributed by atoms with E-state index in [9.17, 15) is 0 Å². The summed E-state index contributed by atoms with van der Waals surface area (Å²) in [5.41, 5.74) is 1.24. The van der Waals surface area contributed by atoms with Gasteiger partial charge in [0.15, 0.2) is 0 Å². The Labute approximate surface area is 107 Å². The van der Waals surface area contributed by atoms with Crippen molar-refractivity contribution in [2.75, 3.05) is 24.6 Å². The highest BCUT2D eigenvalue weighted by Gasteiger charge is 2.21. The van der Waals surface area contributed by atoms with E-state index >= 15 is 0 Å². The fourth-order valence-electron chi connectivity index (χ4n) is 2.42. The van der Waals surface area contributed by atoms with Crippen molar-refractivity contribution in [1.82, 2.24) is 9.97 Å². The summed E-state index contributed by atoms with van der Waals surface area (Å²) < 4.78 is 0. The molecule has 18 heavy (non-hydrogen) atoms. The van der Waals surface area contributed by atoms with Gasteiger partial charge in [-0.2, -0.15) is 5.26 Å². The van der Waals surface area contributed by atoms with Crippen LogP contribution in [-0.2, 0) is 0 Å². The van der Waals surface area contributed by atoms with Gasteiger partial charge >= 0.3 is 0 Å². The number of anilines is 1. The molecule has 1 atom stereocenters. The fourth-order valence-corrected chi connectivity index (χ4v) is 2.42. The minimum atomic E-state index is 0.233. The van der Waals surface area contributed by atoms with Crippen LogP contribution in [0.1, 0.15) is 30.7 Å². The van der Waals surface area contributed by atoms with E-state index in [2.05, 4.69) is 20.9 Å². The van der Waals surface area contributed by atoms with Gasteiger partial charge in [0, 0.05) is 25.4 Å². The maximum absolute atomic E-state index is 9.01. The largest absolute Gasteiger partial charge is 0.396 e. The van der Waals surface area contributed by atoms with Crippen molar-refractivity contribution in [3.8, 4) is 6.07 Å². The van der Waals surface area contributed by atoms with E-state index in [-0.39, 0.29) is 6.61 Å². The normalized spacial score (nSPS) is 19.6. The van der Waals surface area contributed by atoms with Gasteiger partial charge in [-0.25, -0.2) is 9.97 Å². The van der Waals surface area contributed by atoms with Crippen LogP contribution in [0.2, 0.25) is 0 Å². The Hall–Kier alpha value is -1.67. The zero-order valence-electron chi connectivity index (χ0n) is 10.6. The van der Waals surface area contributed by atoms with Crippen LogP contribution in [-0.4, -0.2) is 34.8 Å². The topological polar surface area (TPSA) is 73.0 Å². The van der Waals surface area contributed by atoms with Crippen LogP contribution in [0.3, 0.4) is 0 Å². The molecule has 5 nitrogen and oxygen atoms in total. The molecule has 1 fully saturated rings. The van der Waals surface area contributed by atoms with Crippen LogP contribution in [0.25, 0.3) is 0 Å². The van der Waals surface area contributed by atoms with Crippen molar-refractivity contribution in [2.24, 2.45) is 5.92 Å². The predicted molar refractivity (Wildman–Crippen MR) is 68.1 cm³/mol. The smallest absolute Gasteiger partial charge is 0.226 e. The van der Waals surface area contributed by atoms with Gasteiger partial charge in [-0.15, -0.1) is 0 Å². The summed E-state index contributed by atoms with van der Waals surface area (Å²) in [4.78, 5) is 10.8. The number of rotatable bonds is 3. The number of nitrogens with zero attached hydrogens (tertiary/aromatic N) is 4. The van der Waals surface area contributed by atoms with E-state index < -0.39 is 0 Å². The van der Waals surface area contributed by atoms with Crippen LogP contribution in [0.5, 0.6) is 0 Å². The van der Waals surface area contributed by atoms with Crippen molar-refractivity contribution in [2.45, 2.75) is 26.2 Å². The first-order valence-electron chi connectivity index (χ1n) is 6.34. The Balaban J connectivity index is 2.15. The molecule has 96 valence electrons. The molecule has 1 unspecified atom stereocenters. The Morgan fingerprint density at radius 3 is 3.11 bits per heavy atom. The van der Waals surface area contributed by atoms with Gasteiger partial charge in [-0.3, -0.25) is 0 Å². The number of aromatic nitrogens is 2. The van der Waals surface area contributed by atoms with Crippen LogP contribution in [0, 0.1) is 24.2 Å². The standard InChI is InChI=1S/C13H18N4O/c1-10-7-12(8-14)16-13(15-10)17-5-2-3-11(9-17)4-6-18/h7,11,18H,2-6,9H2,1H3. The van der Waals surface area contributed by atoms with Gasteiger partial charge in [0.25, 0.3) is 0 Å². The summed E-state index contributed by atoms with van der Waals surface area (Å²) in [6.45, 7) is 3.91. The fraction of sp³-hybridized carbons (Fsp3) is 0.615.